The Bertz CT molecular complexity index is 501. The highest BCUT2D eigenvalue weighted by atomic mass is 16.2. The normalized spacial score (nSPS) is 20.4. The van der Waals surface area contributed by atoms with E-state index in [0.29, 0.717) is 18.9 Å². The lowest BCUT2D eigenvalue weighted by atomic mass is 10.0. The fourth-order valence-electron chi connectivity index (χ4n) is 3.02. The molecule has 22 heavy (non-hydrogen) atoms. The molecule has 0 unspecified atom stereocenters. The lowest BCUT2D eigenvalue weighted by Gasteiger charge is -2.30. The first-order chi connectivity index (χ1) is 10.5. The van der Waals surface area contributed by atoms with E-state index in [2.05, 4.69) is 17.1 Å². The van der Waals surface area contributed by atoms with Gasteiger partial charge in [-0.05, 0) is 44.2 Å². The van der Waals surface area contributed by atoms with Crippen molar-refractivity contribution in [3.63, 3.8) is 0 Å². The number of carbonyl (C=O) groups excluding carboxylic acids is 2. The molecule has 1 heterocycles. The average molecular weight is 302 g/mol. The number of piperidine rings is 1. The maximum Gasteiger partial charge on any atom is 0.234 e. The fraction of sp³-hybridized carbons (Fsp3) is 0.556. The van der Waals surface area contributed by atoms with Gasteiger partial charge in [-0.25, -0.2) is 0 Å². The first-order valence-corrected chi connectivity index (χ1v) is 8.10. The largest absolute Gasteiger partial charge is 0.345 e. The second-order valence-electron chi connectivity index (χ2n) is 6.40. The summed E-state index contributed by atoms with van der Waals surface area (Å²) in [5.41, 5.74) is 1.06. The third kappa shape index (κ3) is 5.26. The number of likely N-dealkylation sites (tertiary alicyclic amines) is 1. The molecule has 0 radical (unpaired) electrons. The molecular formula is C18H26N2O2. The van der Waals surface area contributed by atoms with Crippen molar-refractivity contribution in [1.29, 1.82) is 0 Å². The maximum absolute atomic E-state index is 12.2. The van der Waals surface area contributed by atoms with E-state index in [1.165, 1.54) is 13.3 Å². The summed E-state index contributed by atoms with van der Waals surface area (Å²) in [4.78, 5) is 26.2. The molecule has 4 nitrogen and oxygen atoms in total. The summed E-state index contributed by atoms with van der Waals surface area (Å²) >= 11 is 0. The number of amides is 1. The number of carbonyl (C=O) groups is 2. The number of ketones is 1. The van der Waals surface area contributed by atoms with Crippen molar-refractivity contribution in [1.82, 2.24) is 10.2 Å². The number of benzene rings is 1. The van der Waals surface area contributed by atoms with Gasteiger partial charge >= 0.3 is 0 Å². The number of nitrogens with zero attached hydrogens (tertiary/aromatic N) is 1. The van der Waals surface area contributed by atoms with Crippen molar-refractivity contribution in [2.75, 3.05) is 19.6 Å². The van der Waals surface area contributed by atoms with Crippen LogP contribution in [-0.4, -0.2) is 42.3 Å². The Hall–Kier alpha value is -1.68. The highest BCUT2D eigenvalue weighted by Gasteiger charge is 2.22. The molecule has 1 aliphatic heterocycles. The van der Waals surface area contributed by atoms with Crippen LogP contribution in [0.5, 0.6) is 0 Å². The molecule has 0 bridgehead atoms. The lowest BCUT2D eigenvalue weighted by molar-refractivity contribution is -0.127. The van der Waals surface area contributed by atoms with Gasteiger partial charge < -0.3 is 5.32 Å². The summed E-state index contributed by atoms with van der Waals surface area (Å²) < 4.78 is 0. The third-order valence-electron chi connectivity index (χ3n) is 4.22. The van der Waals surface area contributed by atoms with Crippen LogP contribution < -0.4 is 5.32 Å². The minimum Gasteiger partial charge on any atom is -0.345 e. The topological polar surface area (TPSA) is 49.4 Å². The number of hydrogen-bond donors (Lipinski definition) is 1. The molecule has 1 amide bonds. The first kappa shape index (κ1) is 16.7. The first-order valence-electron chi connectivity index (χ1n) is 8.10. The SMILES string of the molecule is CC(=O)[C@H](Cc1ccccc1)NC(=O)CN1CCC[C@H](C)C1. The second kappa shape index (κ2) is 8.08. The molecule has 1 aliphatic rings. The Kier molecular flexibility index (Phi) is 6.13. The van der Waals surface area contributed by atoms with Gasteiger partial charge in [0.05, 0.1) is 12.6 Å². The van der Waals surface area contributed by atoms with Gasteiger partial charge in [-0.3, -0.25) is 14.5 Å². The van der Waals surface area contributed by atoms with Crippen LogP contribution in [-0.2, 0) is 16.0 Å². The Morgan fingerprint density at radius 1 is 1.32 bits per heavy atom. The lowest BCUT2D eigenvalue weighted by Crippen LogP contribution is -2.47. The summed E-state index contributed by atoms with van der Waals surface area (Å²) in [6.45, 7) is 6.09. The van der Waals surface area contributed by atoms with Gasteiger partial charge in [0.15, 0.2) is 5.78 Å². The zero-order valence-corrected chi connectivity index (χ0v) is 13.5. The van der Waals surface area contributed by atoms with Gasteiger partial charge in [0.1, 0.15) is 0 Å². The van der Waals surface area contributed by atoms with Crippen molar-refractivity contribution in [2.45, 2.75) is 39.2 Å². The molecule has 2 rings (SSSR count). The van der Waals surface area contributed by atoms with Crippen LogP contribution in [0, 0.1) is 5.92 Å². The van der Waals surface area contributed by atoms with Crippen molar-refractivity contribution in [2.24, 2.45) is 5.92 Å². The summed E-state index contributed by atoms with van der Waals surface area (Å²) in [5.74, 6) is 0.601. The monoisotopic (exact) mass is 302 g/mol. The van der Waals surface area contributed by atoms with E-state index in [1.807, 2.05) is 30.3 Å². The van der Waals surface area contributed by atoms with Gasteiger partial charge in [0.25, 0.3) is 0 Å². The number of rotatable bonds is 6. The van der Waals surface area contributed by atoms with Crippen molar-refractivity contribution in [3.8, 4) is 0 Å². The highest BCUT2D eigenvalue weighted by Crippen LogP contribution is 2.14. The Morgan fingerprint density at radius 2 is 2.05 bits per heavy atom. The Labute approximate surface area is 132 Å². The minimum atomic E-state index is -0.433. The van der Waals surface area contributed by atoms with Gasteiger partial charge in [0, 0.05) is 6.54 Å². The molecule has 0 saturated carbocycles. The minimum absolute atomic E-state index is 0.00390. The average Bonchev–Trinajstić information content (AvgIpc) is 2.47. The zero-order valence-electron chi connectivity index (χ0n) is 13.5. The Morgan fingerprint density at radius 3 is 2.68 bits per heavy atom. The molecule has 0 aliphatic carbocycles. The van der Waals surface area contributed by atoms with Crippen LogP contribution in [0.3, 0.4) is 0 Å². The van der Waals surface area contributed by atoms with Crippen molar-refractivity contribution in [3.05, 3.63) is 35.9 Å². The van der Waals surface area contributed by atoms with E-state index in [1.54, 1.807) is 0 Å². The standard InChI is InChI=1S/C18H26N2O2/c1-14-7-6-10-20(12-14)13-18(22)19-17(15(2)21)11-16-8-4-3-5-9-16/h3-5,8-9,14,17H,6-7,10-13H2,1-2H3,(H,19,22)/t14-,17-/m0/s1. The van der Waals surface area contributed by atoms with Crippen molar-refractivity contribution >= 4 is 11.7 Å². The van der Waals surface area contributed by atoms with Crippen molar-refractivity contribution < 1.29 is 9.59 Å². The van der Waals surface area contributed by atoms with Crippen LogP contribution in [0.1, 0.15) is 32.3 Å². The molecule has 1 aromatic rings. The Balaban J connectivity index is 1.87. The van der Waals surface area contributed by atoms with Gasteiger partial charge in [-0.15, -0.1) is 0 Å². The molecule has 120 valence electrons. The summed E-state index contributed by atoms with van der Waals surface area (Å²) in [7, 11) is 0. The van der Waals surface area contributed by atoms with E-state index in [9.17, 15) is 9.59 Å². The summed E-state index contributed by atoms with van der Waals surface area (Å²) in [6, 6.07) is 9.37. The highest BCUT2D eigenvalue weighted by molar-refractivity contribution is 5.88. The summed E-state index contributed by atoms with van der Waals surface area (Å²) in [5, 5.41) is 2.90. The van der Waals surface area contributed by atoms with E-state index in [4.69, 9.17) is 0 Å². The van der Waals surface area contributed by atoms with Gasteiger partial charge in [-0.1, -0.05) is 37.3 Å². The quantitative estimate of drug-likeness (QED) is 0.875. The van der Waals surface area contributed by atoms with E-state index in [0.717, 1.165) is 25.1 Å². The number of nitrogens with one attached hydrogen (secondary N) is 1. The predicted octanol–water partition coefficient (Wildman–Crippen LogP) is 2.03. The molecule has 4 heteroatoms. The zero-order chi connectivity index (χ0) is 15.9. The number of Topliss-reactive ketones (excluding diaryl/α,β-unsaturated/α-hetero) is 1. The van der Waals surface area contributed by atoms with E-state index in [-0.39, 0.29) is 11.7 Å². The molecule has 1 aromatic carbocycles. The smallest absolute Gasteiger partial charge is 0.234 e. The van der Waals surface area contributed by atoms with E-state index < -0.39 is 6.04 Å². The van der Waals surface area contributed by atoms with Gasteiger partial charge in [-0.2, -0.15) is 0 Å². The molecule has 1 saturated heterocycles. The van der Waals surface area contributed by atoms with Crippen LogP contribution >= 0.6 is 0 Å². The van der Waals surface area contributed by atoms with E-state index >= 15 is 0 Å². The van der Waals surface area contributed by atoms with Crippen LogP contribution in [0.15, 0.2) is 30.3 Å². The van der Waals surface area contributed by atoms with Crippen LogP contribution in [0.2, 0.25) is 0 Å². The molecule has 2 atom stereocenters. The molecule has 1 fully saturated rings. The number of hydrogen-bond acceptors (Lipinski definition) is 3. The summed E-state index contributed by atoms with van der Waals surface area (Å²) in [6.07, 6.45) is 2.94. The predicted molar refractivity (Wildman–Crippen MR) is 87.6 cm³/mol. The molecular weight excluding hydrogens is 276 g/mol. The maximum atomic E-state index is 12.2. The second-order valence-corrected chi connectivity index (χ2v) is 6.40. The molecule has 0 aromatic heterocycles. The third-order valence-corrected chi connectivity index (χ3v) is 4.22. The van der Waals surface area contributed by atoms with Crippen LogP contribution in [0.4, 0.5) is 0 Å². The van der Waals surface area contributed by atoms with Crippen LogP contribution in [0.25, 0.3) is 0 Å². The molecule has 1 N–H and O–H groups in total. The molecule has 0 spiro atoms. The van der Waals surface area contributed by atoms with Gasteiger partial charge in [0.2, 0.25) is 5.91 Å². The fourth-order valence-corrected chi connectivity index (χ4v) is 3.02.